The Balaban J connectivity index is 1.76. The maximum Gasteiger partial charge on any atom is 0.242 e. The maximum absolute atomic E-state index is 13.5. The highest BCUT2D eigenvalue weighted by Crippen LogP contribution is 2.14. The van der Waals surface area contributed by atoms with Crippen LogP contribution in [0, 0.1) is 5.82 Å². The number of carbonyl (C=O) groups is 2. The van der Waals surface area contributed by atoms with E-state index in [0.29, 0.717) is 18.5 Å². The van der Waals surface area contributed by atoms with Gasteiger partial charge in [-0.1, -0.05) is 72.8 Å². The lowest BCUT2D eigenvalue weighted by atomic mass is 10.1. The number of hydrogen-bond donors (Lipinski definition) is 1. The Morgan fingerprint density at radius 3 is 1.95 bits per heavy atom. The van der Waals surface area contributed by atoms with Crippen molar-refractivity contribution in [3.63, 3.8) is 0 Å². The second-order valence-electron chi connectivity index (χ2n) is 8.87. The second-order valence-corrected chi connectivity index (χ2v) is 10.8. The first-order valence-electron chi connectivity index (χ1n) is 12.0. The van der Waals surface area contributed by atoms with Gasteiger partial charge in [0, 0.05) is 19.6 Å². The van der Waals surface area contributed by atoms with Crippen molar-refractivity contribution in [1.82, 2.24) is 14.5 Å². The van der Waals surface area contributed by atoms with Gasteiger partial charge in [0.05, 0.1) is 12.8 Å². The molecule has 37 heavy (non-hydrogen) atoms. The summed E-state index contributed by atoms with van der Waals surface area (Å²) in [6.45, 7) is 1.59. The molecule has 0 fully saturated rings. The Morgan fingerprint density at radius 2 is 1.38 bits per heavy atom. The number of amides is 2. The molecular weight excluding hydrogens is 493 g/mol. The number of rotatable bonds is 12. The van der Waals surface area contributed by atoms with Crippen molar-refractivity contribution in [3.8, 4) is 0 Å². The predicted octanol–water partition coefficient (Wildman–Crippen LogP) is 3.36. The van der Waals surface area contributed by atoms with Crippen molar-refractivity contribution in [1.29, 1.82) is 0 Å². The minimum atomic E-state index is -3.73. The van der Waals surface area contributed by atoms with E-state index in [-0.39, 0.29) is 19.0 Å². The van der Waals surface area contributed by atoms with Crippen LogP contribution in [0.4, 0.5) is 4.39 Å². The van der Waals surface area contributed by atoms with Gasteiger partial charge in [0.1, 0.15) is 11.9 Å². The van der Waals surface area contributed by atoms with Crippen molar-refractivity contribution in [2.45, 2.75) is 32.5 Å². The van der Waals surface area contributed by atoms with Crippen LogP contribution in [0.5, 0.6) is 0 Å². The first kappa shape index (κ1) is 28.0. The van der Waals surface area contributed by atoms with Crippen LogP contribution >= 0.6 is 0 Å². The summed E-state index contributed by atoms with van der Waals surface area (Å²) < 4.78 is 39.5. The summed E-state index contributed by atoms with van der Waals surface area (Å²) in [7, 11) is -3.73. The van der Waals surface area contributed by atoms with E-state index in [1.165, 1.54) is 29.2 Å². The van der Waals surface area contributed by atoms with Crippen molar-refractivity contribution < 1.29 is 22.4 Å². The van der Waals surface area contributed by atoms with E-state index in [2.05, 4.69) is 5.32 Å². The number of nitrogens with one attached hydrogen (secondary N) is 1. The van der Waals surface area contributed by atoms with Gasteiger partial charge in [0.2, 0.25) is 21.8 Å². The number of halogens is 1. The van der Waals surface area contributed by atoms with Gasteiger partial charge in [-0.3, -0.25) is 9.59 Å². The van der Waals surface area contributed by atoms with E-state index in [1.54, 1.807) is 31.2 Å². The van der Waals surface area contributed by atoms with Crippen LogP contribution < -0.4 is 5.32 Å². The Hall–Kier alpha value is -3.56. The minimum absolute atomic E-state index is 0.0213. The van der Waals surface area contributed by atoms with Crippen LogP contribution in [0.3, 0.4) is 0 Å². The average molecular weight is 526 g/mol. The van der Waals surface area contributed by atoms with Gasteiger partial charge in [-0.15, -0.1) is 0 Å². The van der Waals surface area contributed by atoms with Gasteiger partial charge in [0.25, 0.3) is 0 Å². The Labute approximate surface area is 218 Å². The van der Waals surface area contributed by atoms with Gasteiger partial charge in [-0.25, -0.2) is 12.8 Å². The molecule has 3 aromatic rings. The minimum Gasteiger partial charge on any atom is -0.354 e. The van der Waals surface area contributed by atoms with Gasteiger partial charge in [0.15, 0.2) is 0 Å². The summed E-state index contributed by atoms with van der Waals surface area (Å²) in [5, 5.41) is 2.86. The summed E-state index contributed by atoms with van der Waals surface area (Å²) in [6.07, 6.45) is 1.68. The molecular formula is C28H32FN3O4S. The number of hydrogen-bond acceptors (Lipinski definition) is 4. The topological polar surface area (TPSA) is 86.8 Å². The SMILES string of the molecule is CC(C(=O)NCCc1ccccc1)N(Cc1ccc(F)cc1)C(=O)CN(Cc1ccccc1)S(C)(=O)=O. The first-order chi connectivity index (χ1) is 17.6. The molecule has 1 N–H and O–H groups in total. The van der Waals surface area contributed by atoms with Crippen molar-refractivity contribution in [3.05, 3.63) is 107 Å². The van der Waals surface area contributed by atoms with Gasteiger partial charge >= 0.3 is 0 Å². The summed E-state index contributed by atoms with van der Waals surface area (Å²) >= 11 is 0. The molecule has 0 radical (unpaired) electrons. The molecule has 196 valence electrons. The van der Waals surface area contributed by atoms with Crippen molar-refractivity contribution >= 4 is 21.8 Å². The van der Waals surface area contributed by atoms with Crippen LogP contribution in [0.2, 0.25) is 0 Å². The third-order valence-electron chi connectivity index (χ3n) is 5.97. The summed E-state index contributed by atoms with van der Waals surface area (Å²) in [4.78, 5) is 27.8. The molecule has 0 saturated heterocycles. The first-order valence-corrected chi connectivity index (χ1v) is 13.8. The second kappa shape index (κ2) is 13.1. The predicted molar refractivity (Wildman–Crippen MR) is 141 cm³/mol. The molecule has 1 atom stereocenters. The molecule has 9 heteroatoms. The molecule has 7 nitrogen and oxygen atoms in total. The molecule has 0 aliphatic rings. The van der Waals surface area contributed by atoms with Gasteiger partial charge in [-0.05, 0) is 42.2 Å². The Morgan fingerprint density at radius 1 is 0.838 bits per heavy atom. The number of nitrogens with zero attached hydrogens (tertiary/aromatic N) is 2. The molecule has 0 bridgehead atoms. The van der Waals surface area contributed by atoms with Crippen molar-refractivity contribution in [2.75, 3.05) is 19.3 Å². The van der Waals surface area contributed by atoms with E-state index in [0.717, 1.165) is 21.7 Å². The monoisotopic (exact) mass is 525 g/mol. The number of carbonyl (C=O) groups excluding carboxylic acids is 2. The van der Waals surface area contributed by atoms with Crippen LogP contribution in [0.15, 0.2) is 84.9 Å². The van der Waals surface area contributed by atoms with E-state index >= 15 is 0 Å². The molecule has 2 amide bonds. The lowest BCUT2D eigenvalue weighted by Crippen LogP contribution is -2.51. The third kappa shape index (κ3) is 8.80. The lowest BCUT2D eigenvalue weighted by molar-refractivity contribution is -0.140. The molecule has 3 aromatic carbocycles. The summed E-state index contributed by atoms with van der Waals surface area (Å²) in [5.41, 5.74) is 2.42. The fourth-order valence-electron chi connectivity index (χ4n) is 3.81. The Bertz CT molecular complexity index is 1270. The third-order valence-corrected chi connectivity index (χ3v) is 7.17. The zero-order valence-electron chi connectivity index (χ0n) is 21.0. The molecule has 0 saturated carbocycles. The fraction of sp³-hybridized carbons (Fsp3) is 0.286. The summed E-state index contributed by atoms with van der Waals surface area (Å²) in [5.74, 6) is -1.31. The number of benzene rings is 3. The Kier molecular flexibility index (Phi) is 9.93. The van der Waals surface area contributed by atoms with E-state index < -0.39 is 34.3 Å². The highest BCUT2D eigenvalue weighted by Gasteiger charge is 2.29. The van der Waals surface area contributed by atoms with Crippen LogP contribution in [0.1, 0.15) is 23.6 Å². The average Bonchev–Trinajstić information content (AvgIpc) is 2.88. The van der Waals surface area contributed by atoms with E-state index in [9.17, 15) is 22.4 Å². The molecule has 1 unspecified atom stereocenters. The molecule has 0 heterocycles. The quantitative estimate of drug-likeness (QED) is 0.393. The molecule has 0 aromatic heterocycles. The standard InChI is InChI=1S/C28H32FN3O4S/c1-22(28(34)30-18-17-23-9-5-3-6-10-23)32(20-25-13-15-26(29)16-14-25)27(33)21-31(37(2,35)36)19-24-11-7-4-8-12-24/h3-16,22H,17-21H2,1-2H3,(H,30,34). The maximum atomic E-state index is 13.5. The van der Waals surface area contributed by atoms with E-state index in [4.69, 9.17) is 0 Å². The lowest BCUT2D eigenvalue weighted by Gasteiger charge is -2.31. The molecule has 0 spiro atoms. The highest BCUT2D eigenvalue weighted by molar-refractivity contribution is 7.88. The van der Waals surface area contributed by atoms with Crippen LogP contribution in [-0.2, 0) is 39.1 Å². The summed E-state index contributed by atoms with van der Waals surface area (Å²) in [6, 6.07) is 23.4. The highest BCUT2D eigenvalue weighted by atomic mass is 32.2. The fourth-order valence-corrected chi connectivity index (χ4v) is 4.54. The number of sulfonamides is 1. The van der Waals surface area contributed by atoms with Crippen LogP contribution in [0.25, 0.3) is 0 Å². The van der Waals surface area contributed by atoms with Gasteiger partial charge in [-0.2, -0.15) is 4.31 Å². The largest absolute Gasteiger partial charge is 0.354 e. The molecule has 0 aliphatic heterocycles. The zero-order chi connectivity index (χ0) is 26.8. The molecule has 0 aliphatic carbocycles. The normalized spacial score (nSPS) is 12.2. The van der Waals surface area contributed by atoms with E-state index in [1.807, 2.05) is 36.4 Å². The molecule has 3 rings (SSSR count). The van der Waals surface area contributed by atoms with Gasteiger partial charge < -0.3 is 10.2 Å². The smallest absolute Gasteiger partial charge is 0.242 e. The van der Waals surface area contributed by atoms with Crippen molar-refractivity contribution in [2.24, 2.45) is 0 Å². The van der Waals surface area contributed by atoms with Crippen LogP contribution in [-0.4, -0.2) is 54.8 Å². The zero-order valence-corrected chi connectivity index (χ0v) is 21.8.